The highest BCUT2D eigenvalue weighted by Crippen LogP contribution is 2.27. The van der Waals surface area contributed by atoms with Gasteiger partial charge in [-0.15, -0.1) is 0 Å². The molecular weight excluding hydrogens is 337 g/mol. The largest absolute Gasteiger partial charge is 0.435 e. The van der Waals surface area contributed by atoms with Gasteiger partial charge in [0.05, 0.1) is 18.8 Å². The lowest BCUT2D eigenvalue weighted by Crippen LogP contribution is -2.34. The number of methoxy groups -OCH3 is 1. The van der Waals surface area contributed by atoms with Crippen molar-refractivity contribution in [1.29, 1.82) is 0 Å². The number of hydrogen-bond donors (Lipinski definition) is 2. The number of ether oxygens (including phenoxy) is 1. The first-order chi connectivity index (χ1) is 11.9. The maximum Gasteiger partial charge on any atom is 0.435 e. The molecule has 0 atom stereocenters. The number of nitrogens with one attached hydrogen (secondary N) is 2. The minimum atomic E-state index is -4.47. The molecule has 2 N–H and O–H groups in total. The molecule has 136 valence electrons. The molecule has 1 heterocycles. The molecule has 0 aliphatic heterocycles. The number of alkyl halides is 3. The summed E-state index contributed by atoms with van der Waals surface area (Å²) >= 11 is 0. The van der Waals surface area contributed by atoms with Crippen molar-refractivity contribution in [1.82, 2.24) is 20.4 Å². The summed E-state index contributed by atoms with van der Waals surface area (Å²) < 4.78 is 43.7. The van der Waals surface area contributed by atoms with Crippen LogP contribution in [0.15, 0.2) is 36.5 Å². The molecule has 0 aliphatic rings. The van der Waals surface area contributed by atoms with E-state index in [1.54, 1.807) is 31.4 Å². The predicted octanol–water partition coefficient (Wildman–Crippen LogP) is 1.74. The van der Waals surface area contributed by atoms with Crippen molar-refractivity contribution in [3.63, 3.8) is 0 Å². The van der Waals surface area contributed by atoms with Gasteiger partial charge in [0, 0.05) is 26.4 Å². The lowest BCUT2D eigenvalue weighted by molar-refractivity contribution is -0.141. The van der Waals surface area contributed by atoms with Gasteiger partial charge in [0.25, 0.3) is 0 Å². The summed E-state index contributed by atoms with van der Waals surface area (Å²) in [6.07, 6.45) is -3.21. The van der Waals surface area contributed by atoms with Crippen LogP contribution in [0.4, 0.5) is 13.2 Å². The van der Waals surface area contributed by atoms with Crippen LogP contribution in [0, 0.1) is 0 Å². The first-order valence-electron chi connectivity index (χ1n) is 7.58. The van der Waals surface area contributed by atoms with E-state index in [1.807, 2.05) is 0 Å². The van der Waals surface area contributed by atoms with Crippen LogP contribution < -0.4 is 10.6 Å². The van der Waals surface area contributed by atoms with Crippen LogP contribution in [0.2, 0.25) is 0 Å². The van der Waals surface area contributed by atoms with Crippen LogP contribution in [0.25, 0.3) is 5.69 Å². The number of nitrogens with zero attached hydrogens (tertiary/aromatic N) is 2. The molecule has 0 saturated carbocycles. The second-order valence-corrected chi connectivity index (χ2v) is 5.26. The summed E-state index contributed by atoms with van der Waals surface area (Å²) in [4.78, 5) is 11.6. The second-order valence-electron chi connectivity index (χ2n) is 5.26. The molecule has 0 bridgehead atoms. The van der Waals surface area contributed by atoms with E-state index in [4.69, 9.17) is 4.74 Å². The number of halogens is 3. The minimum Gasteiger partial charge on any atom is -0.383 e. The summed E-state index contributed by atoms with van der Waals surface area (Å²) in [7, 11) is 1.58. The number of aromatic nitrogens is 2. The van der Waals surface area contributed by atoms with Gasteiger partial charge in [-0.05, 0) is 23.8 Å². The fraction of sp³-hybridized carbons (Fsp3) is 0.375. The molecule has 0 fully saturated rings. The predicted molar refractivity (Wildman–Crippen MR) is 85.2 cm³/mol. The van der Waals surface area contributed by atoms with E-state index in [0.29, 0.717) is 25.4 Å². The van der Waals surface area contributed by atoms with E-state index >= 15 is 0 Å². The smallest absolute Gasteiger partial charge is 0.383 e. The summed E-state index contributed by atoms with van der Waals surface area (Å²) in [5.41, 5.74) is 0.397. The van der Waals surface area contributed by atoms with Crippen LogP contribution >= 0.6 is 0 Å². The molecule has 1 aromatic heterocycles. The average Bonchev–Trinajstić information content (AvgIpc) is 3.08. The van der Waals surface area contributed by atoms with Gasteiger partial charge >= 0.3 is 6.18 Å². The van der Waals surface area contributed by atoms with E-state index < -0.39 is 11.9 Å². The standard InChI is InChI=1S/C16H19F3N4O2/c1-25-9-7-20-11-15(24)21-10-12-2-4-13(5-3-12)23-8-6-14(22-23)16(17,18)19/h2-6,8,20H,7,9-11H2,1H3,(H,21,24). The summed E-state index contributed by atoms with van der Waals surface area (Å²) in [6.45, 7) is 1.63. The van der Waals surface area contributed by atoms with Crippen molar-refractivity contribution in [2.24, 2.45) is 0 Å². The van der Waals surface area contributed by atoms with E-state index in [2.05, 4.69) is 15.7 Å². The number of rotatable bonds is 8. The number of hydrogen-bond acceptors (Lipinski definition) is 4. The number of carbonyl (C=O) groups is 1. The van der Waals surface area contributed by atoms with Gasteiger partial charge in [-0.25, -0.2) is 4.68 Å². The monoisotopic (exact) mass is 356 g/mol. The Morgan fingerprint density at radius 1 is 1.24 bits per heavy atom. The van der Waals surface area contributed by atoms with Crippen LogP contribution in [0.1, 0.15) is 11.3 Å². The molecule has 0 unspecified atom stereocenters. The van der Waals surface area contributed by atoms with E-state index in [1.165, 1.54) is 6.20 Å². The maximum atomic E-state index is 12.6. The molecule has 2 rings (SSSR count). The van der Waals surface area contributed by atoms with Gasteiger partial charge < -0.3 is 15.4 Å². The molecule has 1 amide bonds. The zero-order valence-electron chi connectivity index (χ0n) is 13.6. The van der Waals surface area contributed by atoms with Crippen LogP contribution in [-0.2, 0) is 22.3 Å². The Labute approximate surface area is 143 Å². The normalized spacial score (nSPS) is 11.5. The summed E-state index contributed by atoms with van der Waals surface area (Å²) in [6, 6.07) is 7.66. The maximum absolute atomic E-state index is 12.6. The number of amides is 1. The van der Waals surface area contributed by atoms with Gasteiger partial charge in [-0.2, -0.15) is 18.3 Å². The zero-order valence-corrected chi connectivity index (χ0v) is 13.6. The Morgan fingerprint density at radius 2 is 1.96 bits per heavy atom. The van der Waals surface area contributed by atoms with Crippen molar-refractivity contribution in [3.8, 4) is 5.69 Å². The van der Waals surface area contributed by atoms with Crippen molar-refractivity contribution >= 4 is 5.91 Å². The van der Waals surface area contributed by atoms with Crippen molar-refractivity contribution in [2.75, 3.05) is 26.8 Å². The molecule has 0 spiro atoms. The highest BCUT2D eigenvalue weighted by Gasteiger charge is 2.33. The molecule has 25 heavy (non-hydrogen) atoms. The highest BCUT2D eigenvalue weighted by atomic mass is 19.4. The van der Waals surface area contributed by atoms with Gasteiger partial charge in [0.1, 0.15) is 0 Å². The molecule has 0 saturated heterocycles. The third-order valence-corrected chi connectivity index (χ3v) is 3.34. The van der Waals surface area contributed by atoms with Gasteiger partial charge in [-0.3, -0.25) is 4.79 Å². The topological polar surface area (TPSA) is 68.2 Å². The fourth-order valence-corrected chi connectivity index (χ4v) is 2.02. The molecule has 1 aromatic carbocycles. The Balaban J connectivity index is 1.85. The van der Waals surface area contributed by atoms with Crippen molar-refractivity contribution < 1.29 is 22.7 Å². The van der Waals surface area contributed by atoms with Crippen molar-refractivity contribution in [2.45, 2.75) is 12.7 Å². The second kappa shape index (κ2) is 8.63. The summed E-state index contributed by atoms with van der Waals surface area (Å²) in [5.74, 6) is -0.151. The lowest BCUT2D eigenvalue weighted by atomic mass is 10.2. The highest BCUT2D eigenvalue weighted by molar-refractivity contribution is 5.77. The minimum absolute atomic E-state index is 0.151. The van der Waals surface area contributed by atoms with Crippen LogP contribution in [-0.4, -0.2) is 42.5 Å². The Kier molecular flexibility index (Phi) is 6.54. The van der Waals surface area contributed by atoms with E-state index in [9.17, 15) is 18.0 Å². The molecule has 2 aromatic rings. The third kappa shape index (κ3) is 5.87. The van der Waals surface area contributed by atoms with Crippen LogP contribution in [0.5, 0.6) is 0 Å². The number of benzene rings is 1. The van der Waals surface area contributed by atoms with E-state index in [-0.39, 0.29) is 12.5 Å². The Bertz CT molecular complexity index is 683. The molecule has 0 radical (unpaired) electrons. The number of carbonyl (C=O) groups excluding carboxylic acids is 1. The van der Waals surface area contributed by atoms with Gasteiger partial charge in [0.2, 0.25) is 5.91 Å². The van der Waals surface area contributed by atoms with E-state index in [0.717, 1.165) is 16.3 Å². The van der Waals surface area contributed by atoms with Gasteiger partial charge in [0.15, 0.2) is 5.69 Å². The first-order valence-corrected chi connectivity index (χ1v) is 7.58. The van der Waals surface area contributed by atoms with Gasteiger partial charge in [-0.1, -0.05) is 12.1 Å². The third-order valence-electron chi connectivity index (χ3n) is 3.34. The Hall–Kier alpha value is -2.39. The fourth-order valence-electron chi connectivity index (χ4n) is 2.02. The Morgan fingerprint density at radius 3 is 2.56 bits per heavy atom. The zero-order chi connectivity index (χ0) is 18.3. The SMILES string of the molecule is COCCNCC(=O)NCc1ccc(-n2ccc(C(F)(F)F)n2)cc1. The molecule has 6 nitrogen and oxygen atoms in total. The lowest BCUT2D eigenvalue weighted by Gasteiger charge is -2.08. The average molecular weight is 356 g/mol. The quantitative estimate of drug-likeness (QED) is 0.707. The van der Waals surface area contributed by atoms with Crippen LogP contribution in [0.3, 0.4) is 0 Å². The van der Waals surface area contributed by atoms with Crippen molar-refractivity contribution in [3.05, 3.63) is 47.8 Å². The first kappa shape index (κ1) is 18.9. The summed E-state index contributed by atoms with van der Waals surface area (Å²) in [5, 5.41) is 9.18. The molecular formula is C16H19F3N4O2. The molecule has 0 aliphatic carbocycles. The molecule has 9 heteroatoms.